The molecule has 6 nitrogen and oxygen atoms in total. The number of likely N-dealkylation sites (tertiary alicyclic amines) is 1. The molecule has 5 rings (SSSR count). The highest BCUT2D eigenvalue weighted by molar-refractivity contribution is 6.42. The molecule has 3 aromatic rings. The highest BCUT2D eigenvalue weighted by atomic mass is 35.5. The van der Waals surface area contributed by atoms with Gasteiger partial charge in [-0.1, -0.05) is 76.8 Å². The molecule has 0 aromatic heterocycles. The molecule has 1 amide bonds. The van der Waals surface area contributed by atoms with Crippen molar-refractivity contribution in [3.05, 3.63) is 105 Å². The SMILES string of the molecule is Cc1cc(C)cc(C(=O)N2CCN(C3CCN(CCCc4ccccc4)CC3)C(C(=O)CN)(c3ccc(Cl)c(Cl)c3)C2)c1. The summed E-state index contributed by atoms with van der Waals surface area (Å²) in [4.78, 5) is 34.7. The summed E-state index contributed by atoms with van der Waals surface area (Å²) in [6.07, 6.45) is 4.07. The Morgan fingerprint density at radius 3 is 2.23 bits per heavy atom. The molecule has 2 N–H and O–H groups in total. The number of nitrogens with zero attached hydrogens (tertiary/aromatic N) is 3. The average Bonchev–Trinajstić information content (AvgIpc) is 3.01. The fourth-order valence-electron chi connectivity index (χ4n) is 7.01. The van der Waals surface area contributed by atoms with Crippen LogP contribution in [0.4, 0.5) is 0 Å². The van der Waals surface area contributed by atoms with Gasteiger partial charge in [0.2, 0.25) is 0 Å². The van der Waals surface area contributed by atoms with E-state index in [-0.39, 0.29) is 30.8 Å². The zero-order valence-corrected chi connectivity index (χ0v) is 26.7. The van der Waals surface area contributed by atoms with E-state index < -0.39 is 5.54 Å². The number of piperidine rings is 1. The molecule has 0 radical (unpaired) electrons. The average molecular weight is 622 g/mol. The van der Waals surface area contributed by atoms with Gasteiger partial charge >= 0.3 is 0 Å². The minimum absolute atomic E-state index is 0.0751. The highest BCUT2D eigenvalue weighted by Gasteiger charge is 2.52. The van der Waals surface area contributed by atoms with Crippen molar-refractivity contribution in [1.29, 1.82) is 0 Å². The van der Waals surface area contributed by atoms with Gasteiger partial charge in [-0.25, -0.2) is 0 Å². The standard InChI is InChI=1S/C35H42Cl2N4O2/c1-25-19-26(2)21-28(20-25)34(43)40-17-18-41(35(24-40,33(42)23-38)29-10-11-31(36)32(37)22-29)30-12-15-39(16-13-30)14-6-9-27-7-4-3-5-8-27/h3-5,7-8,10-11,19-22,30H,6,9,12-18,23-24,38H2,1-2H3. The predicted molar refractivity (Wildman–Crippen MR) is 175 cm³/mol. The van der Waals surface area contributed by atoms with Crippen LogP contribution >= 0.6 is 23.2 Å². The Hall–Kier alpha value is -2.74. The van der Waals surface area contributed by atoms with Gasteiger partial charge < -0.3 is 15.5 Å². The second kappa shape index (κ2) is 13.9. The number of carbonyl (C=O) groups is 2. The van der Waals surface area contributed by atoms with Crippen molar-refractivity contribution in [2.45, 2.75) is 51.1 Å². The first-order valence-electron chi connectivity index (χ1n) is 15.3. The molecule has 2 saturated heterocycles. The number of carbonyl (C=O) groups excluding carboxylic acids is 2. The zero-order chi connectivity index (χ0) is 30.6. The Morgan fingerprint density at radius 1 is 0.884 bits per heavy atom. The maximum atomic E-state index is 14.1. The lowest BCUT2D eigenvalue weighted by atomic mass is 9.79. The topological polar surface area (TPSA) is 69.9 Å². The lowest BCUT2D eigenvalue weighted by Gasteiger charge is -2.54. The van der Waals surface area contributed by atoms with Crippen LogP contribution in [0.3, 0.4) is 0 Å². The first kappa shape index (κ1) is 31.7. The van der Waals surface area contributed by atoms with Crippen LogP contribution in [0.15, 0.2) is 66.7 Å². The number of rotatable bonds is 9. The summed E-state index contributed by atoms with van der Waals surface area (Å²) < 4.78 is 0. The van der Waals surface area contributed by atoms with Crippen LogP contribution in [-0.4, -0.2) is 78.2 Å². The smallest absolute Gasteiger partial charge is 0.254 e. The van der Waals surface area contributed by atoms with Gasteiger partial charge in [-0.2, -0.15) is 0 Å². The van der Waals surface area contributed by atoms with Gasteiger partial charge in [0, 0.05) is 24.7 Å². The van der Waals surface area contributed by atoms with Crippen molar-refractivity contribution >= 4 is 34.9 Å². The molecule has 1 atom stereocenters. The van der Waals surface area contributed by atoms with E-state index in [2.05, 4.69) is 46.2 Å². The lowest BCUT2D eigenvalue weighted by molar-refractivity contribution is -0.139. The molecule has 228 valence electrons. The number of halogens is 2. The number of benzene rings is 3. The van der Waals surface area contributed by atoms with E-state index in [0.29, 0.717) is 28.7 Å². The fourth-order valence-corrected chi connectivity index (χ4v) is 7.31. The van der Waals surface area contributed by atoms with Gasteiger partial charge in [-0.15, -0.1) is 0 Å². The number of piperazine rings is 1. The number of hydrogen-bond acceptors (Lipinski definition) is 5. The van der Waals surface area contributed by atoms with E-state index in [0.717, 1.165) is 62.0 Å². The fraction of sp³-hybridized carbons (Fsp3) is 0.429. The lowest BCUT2D eigenvalue weighted by Crippen LogP contribution is -2.68. The van der Waals surface area contributed by atoms with E-state index in [4.69, 9.17) is 28.9 Å². The Labute approximate surface area is 265 Å². The van der Waals surface area contributed by atoms with Gasteiger partial charge in [-0.3, -0.25) is 14.5 Å². The second-order valence-electron chi connectivity index (χ2n) is 12.1. The van der Waals surface area contributed by atoms with Crippen molar-refractivity contribution in [1.82, 2.24) is 14.7 Å². The number of amides is 1. The van der Waals surface area contributed by atoms with Gasteiger partial charge in [-0.05, 0) is 94.6 Å². The first-order chi connectivity index (χ1) is 20.7. The summed E-state index contributed by atoms with van der Waals surface area (Å²) in [6.45, 7) is 8.15. The highest BCUT2D eigenvalue weighted by Crippen LogP contribution is 2.40. The zero-order valence-electron chi connectivity index (χ0n) is 25.2. The van der Waals surface area contributed by atoms with Gasteiger partial charge in [0.15, 0.2) is 5.78 Å². The molecule has 0 saturated carbocycles. The maximum Gasteiger partial charge on any atom is 0.254 e. The van der Waals surface area contributed by atoms with E-state index >= 15 is 0 Å². The van der Waals surface area contributed by atoms with Crippen molar-refractivity contribution in [3.63, 3.8) is 0 Å². The van der Waals surface area contributed by atoms with Crippen LogP contribution in [0.5, 0.6) is 0 Å². The monoisotopic (exact) mass is 620 g/mol. The van der Waals surface area contributed by atoms with Crippen molar-refractivity contribution in [3.8, 4) is 0 Å². The minimum Gasteiger partial charge on any atom is -0.335 e. The summed E-state index contributed by atoms with van der Waals surface area (Å²) in [5.74, 6) is -0.192. The van der Waals surface area contributed by atoms with E-state index in [9.17, 15) is 9.59 Å². The number of ketones is 1. The molecule has 8 heteroatoms. The number of Topliss-reactive ketones (excluding diaryl/α,β-unsaturated/α-hetero) is 1. The van der Waals surface area contributed by atoms with Crippen LogP contribution in [-0.2, 0) is 16.8 Å². The Morgan fingerprint density at radius 2 is 1.58 bits per heavy atom. The largest absolute Gasteiger partial charge is 0.335 e. The molecule has 0 spiro atoms. The van der Waals surface area contributed by atoms with Crippen LogP contribution in [0, 0.1) is 13.8 Å². The molecular weight excluding hydrogens is 579 g/mol. The minimum atomic E-state index is -1.12. The first-order valence-corrected chi connectivity index (χ1v) is 16.1. The predicted octanol–water partition coefficient (Wildman–Crippen LogP) is 5.89. The molecule has 1 unspecified atom stereocenters. The van der Waals surface area contributed by atoms with E-state index in [1.54, 1.807) is 12.1 Å². The molecular formula is C35H42Cl2N4O2. The molecule has 2 aliphatic rings. The van der Waals surface area contributed by atoms with Crippen LogP contribution in [0.25, 0.3) is 0 Å². The third-order valence-corrected chi connectivity index (χ3v) is 9.84. The summed E-state index contributed by atoms with van der Waals surface area (Å²) in [5.41, 5.74) is 9.83. The molecule has 3 aromatic carbocycles. The molecule has 0 aliphatic carbocycles. The molecule has 43 heavy (non-hydrogen) atoms. The third kappa shape index (κ3) is 7.00. The van der Waals surface area contributed by atoms with Gasteiger partial charge in [0.05, 0.1) is 23.1 Å². The van der Waals surface area contributed by atoms with Crippen LogP contribution in [0.1, 0.15) is 51.9 Å². The second-order valence-corrected chi connectivity index (χ2v) is 12.9. The van der Waals surface area contributed by atoms with Crippen LogP contribution < -0.4 is 5.73 Å². The molecule has 2 aliphatic heterocycles. The van der Waals surface area contributed by atoms with E-state index in [1.807, 2.05) is 36.9 Å². The van der Waals surface area contributed by atoms with Crippen molar-refractivity contribution < 1.29 is 9.59 Å². The third-order valence-electron chi connectivity index (χ3n) is 9.10. The molecule has 0 bridgehead atoms. The summed E-state index contributed by atoms with van der Waals surface area (Å²) >= 11 is 12.9. The summed E-state index contributed by atoms with van der Waals surface area (Å²) in [7, 11) is 0. The molecule has 2 fully saturated rings. The molecule has 2 heterocycles. The van der Waals surface area contributed by atoms with Crippen molar-refractivity contribution in [2.75, 3.05) is 45.8 Å². The summed E-state index contributed by atoms with van der Waals surface area (Å²) in [5, 5.41) is 0.810. The normalized spacial score (nSPS) is 20.3. The van der Waals surface area contributed by atoms with E-state index in [1.165, 1.54) is 5.56 Å². The number of aryl methyl sites for hydroxylation is 3. The van der Waals surface area contributed by atoms with Crippen LogP contribution in [0.2, 0.25) is 10.0 Å². The Balaban J connectivity index is 1.39. The Bertz CT molecular complexity index is 1420. The van der Waals surface area contributed by atoms with Gasteiger partial charge in [0.1, 0.15) is 5.54 Å². The Kier molecular flexibility index (Phi) is 10.3. The number of nitrogens with two attached hydrogens (primary N) is 1. The quantitative estimate of drug-likeness (QED) is 0.323. The maximum absolute atomic E-state index is 14.1. The summed E-state index contributed by atoms with van der Waals surface area (Å²) in [6, 6.07) is 22.1. The van der Waals surface area contributed by atoms with Crippen molar-refractivity contribution in [2.24, 2.45) is 5.73 Å². The van der Waals surface area contributed by atoms with Gasteiger partial charge in [0.25, 0.3) is 5.91 Å². The number of hydrogen-bond donors (Lipinski definition) is 1.